The Hall–Kier alpha value is -1.79. The molecule has 1 aromatic carbocycles. The summed E-state index contributed by atoms with van der Waals surface area (Å²) >= 11 is 0. The van der Waals surface area contributed by atoms with E-state index in [2.05, 4.69) is 4.72 Å². The number of nitrogens with two attached hydrogens (primary N) is 1. The first-order chi connectivity index (χ1) is 8.98. The largest absolute Gasteiger partial charge is 0.468 e. The molecule has 0 fully saturated rings. The van der Waals surface area contributed by atoms with Crippen LogP contribution in [0.5, 0.6) is 0 Å². The van der Waals surface area contributed by atoms with Crippen molar-refractivity contribution in [3.8, 4) is 0 Å². The molecule has 3 N–H and O–H groups in total. The second-order valence-corrected chi connectivity index (χ2v) is 6.07. The minimum absolute atomic E-state index is 0.148. The summed E-state index contributed by atoms with van der Waals surface area (Å²) < 4.78 is 31.8. The minimum atomic E-state index is -3.47. The molecule has 1 aromatic heterocycles. The number of nitrogens with one attached hydrogen (secondary N) is 1. The lowest BCUT2D eigenvalue weighted by molar-refractivity contribution is 0.459. The molecule has 0 aliphatic carbocycles. The maximum absolute atomic E-state index is 12.0. The van der Waals surface area contributed by atoms with E-state index >= 15 is 0 Å². The molecule has 0 spiro atoms. The number of para-hydroxylation sites is 1. The van der Waals surface area contributed by atoms with Gasteiger partial charge in [-0.25, -0.2) is 13.1 Å². The van der Waals surface area contributed by atoms with Crippen LogP contribution in [0, 0.1) is 0 Å². The summed E-state index contributed by atoms with van der Waals surface area (Å²) in [4.78, 5) is 0. The van der Waals surface area contributed by atoms with Crippen LogP contribution >= 0.6 is 0 Å². The summed E-state index contributed by atoms with van der Waals surface area (Å²) in [7, 11) is -3.47. The number of hydrogen-bond donors (Lipinski definition) is 2. The molecule has 0 amide bonds. The first-order valence-corrected chi connectivity index (χ1v) is 7.50. The molecular weight excluding hydrogens is 264 g/mol. The second-order valence-electron chi connectivity index (χ2n) is 4.31. The van der Waals surface area contributed by atoms with Crippen LogP contribution < -0.4 is 10.5 Å². The van der Waals surface area contributed by atoms with Crippen LogP contribution in [0.15, 0.2) is 47.1 Å². The van der Waals surface area contributed by atoms with Gasteiger partial charge >= 0.3 is 0 Å². The molecule has 0 saturated heterocycles. The Bertz CT molecular complexity index is 636. The summed E-state index contributed by atoms with van der Waals surface area (Å²) in [6, 6.07) is 9.94. The Morgan fingerprint density at radius 2 is 2.00 bits per heavy atom. The van der Waals surface area contributed by atoms with Crippen molar-refractivity contribution in [2.45, 2.75) is 18.7 Å². The lowest BCUT2D eigenvalue weighted by Gasteiger charge is -2.12. The molecule has 19 heavy (non-hydrogen) atoms. The Labute approximate surface area is 112 Å². The molecular formula is C13H16N2O3S. The summed E-state index contributed by atoms with van der Waals surface area (Å²) in [6.45, 7) is 1.73. The van der Waals surface area contributed by atoms with Crippen LogP contribution in [0.1, 0.15) is 24.3 Å². The van der Waals surface area contributed by atoms with Gasteiger partial charge in [0.1, 0.15) is 5.76 Å². The molecule has 2 aromatic rings. The van der Waals surface area contributed by atoms with Crippen molar-refractivity contribution in [1.82, 2.24) is 4.72 Å². The standard InChI is InChI=1S/C13H16N2O3S/c1-10(13-7-4-8-18-13)15-19(16,17)9-11-5-2-3-6-12(11)14/h2-8,10,15H,9,14H2,1H3. The second kappa shape index (κ2) is 5.46. The molecule has 0 radical (unpaired) electrons. The molecule has 6 heteroatoms. The normalized spacial score (nSPS) is 13.3. The monoisotopic (exact) mass is 280 g/mol. The van der Waals surface area contributed by atoms with E-state index in [0.717, 1.165) is 0 Å². The summed E-state index contributed by atoms with van der Waals surface area (Å²) in [5, 5.41) is 0. The average Bonchev–Trinajstić information content (AvgIpc) is 2.85. The van der Waals surface area contributed by atoms with Crippen molar-refractivity contribution in [2.75, 3.05) is 5.73 Å². The Balaban J connectivity index is 2.09. The molecule has 1 atom stereocenters. The number of hydrogen-bond acceptors (Lipinski definition) is 4. The van der Waals surface area contributed by atoms with E-state index in [9.17, 15) is 8.42 Å². The lowest BCUT2D eigenvalue weighted by atomic mass is 10.2. The van der Waals surface area contributed by atoms with Gasteiger partial charge in [0.25, 0.3) is 0 Å². The van der Waals surface area contributed by atoms with Gasteiger partial charge in [0.15, 0.2) is 0 Å². The van der Waals surface area contributed by atoms with Gasteiger partial charge in [0.2, 0.25) is 10.0 Å². The van der Waals surface area contributed by atoms with E-state index in [1.165, 1.54) is 6.26 Å². The predicted octanol–water partition coefficient (Wildman–Crippen LogP) is 2.04. The molecule has 0 aliphatic rings. The third kappa shape index (κ3) is 3.59. The topological polar surface area (TPSA) is 85.3 Å². The highest BCUT2D eigenvalue weighted by Gasteiger charge is 2.18. The van der Waals surface area contributed by atoms with E-state index in [-0.39, 0.29) is 5.75 Å². The van der Waals surface area contributed by atoms with Gasteiger partial charge in [-0.05, 0) is 30.7 Å². The lowest BCUT2D eigenvalue weighted by Crippen LogP contribution is -2.28. The third-order valence-electron chi connectivity index (χ3n) is 2.73. The van der Waals surface area contributed by atoms with E-state index < -0.39 is 16.1 Å². The van der Waals surface area contributed by atoms with Gasteiger partial charge < -0.3 is 10.2 Å². The zero-order valence-corrected chi connectivity index (χ0v) is 11.4. The zero-order chi connectivity index (χ0) is 13.9. The highest BCUT2D eigenvalue weighted by Crippen LogP contribution is 2.17. The van der Waals surface area contributed by atoms with Crippen LogP contribution in [0.25, 0.3) is 0 Å². The van der Waals surface area contributed by atoms with E-state index in [4.69, 9.17) is 10.2 Å². The molecule has 0 aliphatic heterocycles. The quantitative estimate of drug-likeness (QED) is 0.821. The van der Waals surface area contributed by atoms with Gasteiger partial charge in [-0.2, -0.15) is 0 Å². The van der Waals surface area contributed by atoms with Crippen molar-refractivity contribution in [3.63, 3.8) is 0 Å². The Morgan fingerprint density at radius 1 is 1.26 bits per heavy atom. The van der Waals surface area contributed by atoms with Crippen LogP contribution in [-0.2, 0) is 15.8 Å². The molecule has 102 valence electrons. The van der Waals surface area contributed by atoms with Crippen molar-refractivity contribution in [1.29, 1.82) is 0 Å². The Morgan fingerprint density at radius 3 is 2.63 bits per heavy atom. The van der Waals surface area contributed by atoms with E-state index in [1.54, 1.807) is 43.3 Å². The van der Waals surface area contributed by atoms with Crippen molar-refractivity contribution >= 4 is 15.7 Å². The number of anilines is 1. The summed E-state index contributed by atoms with van der Waals surface area (Å²) in [6.07, 6.45) is 1.51. The summed E-state index contributed by atoms with van der Waals surface area (Å²) in [5.74, 6) is 0.426. The fourth-order valence-electron chi connectivity index (χ4n) is 1.78. The van der Waals surface area contributed by atoms with Gasteiger partial charge in [0.05, 0.1) is 18.1 Å². The maximum Gasteiger partial charge on any atom is 0.216 e. The minimum Gasteiger partial charge on any atom is -0.468 e. The van der Waals surface area contributed by atoms with Gasteiger partial charge in [-0.15, -0.1) is 0 Å². The average molecular weight is 280 g/mol. The molecule has 0 saturated carbocycles. The summed E-state index contributed by atoms with van der Waals surface area (Å²) in [5.41, 5.74) is 6.80. The van der Waals surface area contributed by atoms with Crippen LogP contribution in [0.2, 0.25) is 0 Å². The Kier molecular flexibility index (Phi) is 3.92. The van der Waals surface area contributed by atoms with Gasteiger partial charge in [-0.3, -0.25) is 0 Å². The van der Waals surface area contributed by atoms with Gasteiger partial charge in [-0.1, -0.05) is 18.2 Å². The third-order valence-corrected chi connectivity index (χ3v) is 4.13. The van der Waals surface area contributed by atoms with Crippen LogP contribution in [0.3, 0.4) is 0 Å². The van der Waals surface area contributed by atoms with E-state index in [0.29, 0.717) is 17.0 Å². The molecule has 5 nitrogen and oxygen atoms in total. The van der Waals surface area contributed by atoms with Crippen molar-refractivity contribution < 1.29 is 12.8 Å². The molecule has 2 rings (SSSR count). The zero-order valence-electron chi connectivity index (χ0n) is 10.5. The van der Waals surface area contributed by atoms with Crippen molar-refractivity contribution in [3.05, 3.63) is 54.0 Å². The number of rotatable bonds is 5. The maximum atomic E-state index is 12.0. The van der Waals surface area contributed by atoms with Crippen LogP contribution in [0.4, 0.5) is 5.69 Å². The SMILES string of the molecule is CC(NS(=O)(=O)Cc1ccccc1N)c1ccco1. The molecule has 0 bridgehead atoms. The first-order valence-electron chi connectivity index (χ1n) is 5.85. The fourth-order valence-corrected chi connectivity index (χ4v) is 3.19. The number of furan rings is 1. The number of sulfonamides is 1. The number of nitrogen functional groups attached to an aromatic ring is 1. The molecule has 1 heterocycles. The highest BCUT2D eigenvalue weighted by atomic mass is 32.2. The van der Waals surface area contributed by atoms with Crippen LogP contribution in [-0.4, -0.2) is 8.42 Å². The first kappa shape index (κ1) is 13.6. The number of benzene rings is 1. The molecule has 1 unspecified atom stereocenters. The van der Waals surface area contributed by atoms with Crippen molar-refractivity contribution in [2.24, 2.45) is 0 Å². The van der Waals surface area contributed by atoms with Gasteiger partial charge in [0, 0.05) is 5.69 Å². The predicted molar refractivity (Wildman–Crippen MR) is 73.7 cm³/mol. The highest BCUT2D eigenvalue weighted by molar-refractivity contribution is 7.88. The smallest absolute Gasteiger partial charge is 0.216 e. The van der Waals surface area contributed by atoms with E-state index in [1.807, 2.05) is 0 Å². The fraction of sp³-hybridized carbons (Fsp3) is 0.231.